The molecule has 0 aromatic heterocycles. The lowest BCUT2D eigenvalue weighted by Gasteiger charge is -2.22. The van der Waals surface area contributed by atoms with Crippen LogP contribution in [0.5, 0.6) is 0 Å². The molecule has 100 valence electrons. The molecule has 2 aromatic rings. The van der Waals surface area contributed by atoms with Gasteiger partial charge in [-0.25, -0.2) is 0 Å². The highest BCUT2D eigenvalue weighted by atomic mass is 31.2. The van der Waals surface area contributed by atoms with Gasteiger partial charge in [-0.15, -0.1) is 0 Å². The van der Waals surface area contributed by atoms with Gasteiger partial charge in [-0.05, 0) is 5.92 Å². The van der Waals surface area contributed by atoms with Crippen molar-refractivity contribution in [2.24, 2.45) is 5.92 Å². The second kappa shape index (κ2) is 6.18. The predicted molar refractivity (Wildman–Crippen MR) is 80.9 cm³/mol. The third-order valence-corrected chi connectivity index (χ3v) is 6.63. The third kappa shape index (κ3) is 3.15. The zero-order chi connectivity index (χ0) is 13.7. The average Bonchev–Trinajstić information content (AvgIpc) is 2.48. The molecule has 0 fully saturated rings. The molecule has 0 aliphatic rings. The van der Waals surface area contributed by atoms with E-state index in [9.17, 15) is 9.67 Å². The van der Waals surface area contributed by atoms with Crippen LogP contribution in [0.3, 0.4) is 0 Å². The van der Waals surface area contributed by atoms with E-state index in [2.05, 4.69) is 0 Å². The number of aliphatic hydroxyl groups is 1. The van der Waals surface area contributed by atoms with Crippen molar-refractivity contribution in [3.63, 3.8) is 0 Å². The predicted octanol–water partition coefficient (Wildman–Crippen LogP) is 2.63. The minimum Gasteiger partial charge on any atom is -0.396 e. The lowest BCUT2D eigenvalue weighted by atomic mass is 10.2. The molecule has 2 nitrogen and oxygen atoms in total. The van der Waals surface area contributed by atoms with Gasteiger partial charge in [0.25, 0.3) is 0 Å². The van der Waals surface area contributed by atoms with Crippen LogP contribution in [0.15, 0.2) is 60.7 Å². The SMILES string of the molecule is CC(CO)CP(=O)(c1ccccc1)c1ccccc1. The van der Waals surface area contributed by atoms with Crippen molar-refractivity contribution >= 4 is 17.8 Å². The van der Waals surface area contributed by atoms with Crippen molar-refractivity contribution < 1.29 is 9.67 Å². The standard InChI is InChI=1S/C16H19O2P/c1-14(12-17)13-19(18,15-8-4-2-5-9-15)16-10-6-3-7-11-16/h2-11,14,17H,12-13H2,1H3. The fraction of sp³-hybridized carbons (Fsp3) is 0.250. The van der Waals surface area contributed by atoms with Gasteiger partial charge in [0.1, 0.15) is 7.14 Å². The summed E-state index contributed by atoms with van der Waals surface area (Å²) >= 11 is 0. The van der Waals surface area contributed by atoms with E-state index in [4.69, 9.17) is 0 Å². The van der Waals surface area contributed by atoms with E-state index in [1.807, 2.05) is 67.6 Å². The Morgan fingerprint density at radius 2 is 1.37 bits per heavy atom. The van der Waals surface area contributed by atoms with Crippen LogP contribution in [0.25, 0.3) is 0 Å². The second-order valence-electron chi connectivity index (χ2n) is 4.88. The van der Waals surface area contributed by atoms with Crippen molar-refractivity contribution in [3.05, 3.63) is 60.7 Å². The molecule has 0 amide bonds. The van der Waals surface area contributed by atoms with Crippen molar-refractivity contribution in [1.29, 1.82) is 0 Å². The van der Waals surface area contributed by atoms with Crippen LogP contribution in [0, 0.1) is 5.92 Å². The summed E-state index contributed by atoms with van der Waals surface area (Å²) in [5.74, 6) is 0.0197. The first-order valence-electron chi connectivity index (χ1n) is 6.48. The zero-order valence-corrected chi connectivity index (χ0v) is 12.0. The Bertz CT molecular complexity index is 508. The van der Waals surface area contributed by atoms with Crippen LogP contribution in [-0.2, 0) is 4.57 Å². The van der Waals surface area contributed by atoms with Gasteiger partial charge in [-0.1, -0.05) is 67.6 Å². The maximum atomic E-state index is 13.5. The Hall–Kier alpha value is -1.37. The number of rotatable bonds is 5. The largest absolute Gasteiger partial charge is 0.396 e. The molecule has 3 heteroatoms. The summed E-state index contributed by atoms with van der Waals surface area (Å²) in [6, 6.07) is 19.2. The first kappa shape index (κ1) is 14.0. The molecule has 1 unspecified atom stereocenters. The molecule has 2 rings (SSSR count). The summed E-state index contributed by atoms with van der Waals surface area (Å²) < 4.78 is 13.5. The van der Waals surface area contributed by atoms with Gasteiger partial charge in [-0.2, -0.15) is 0 Å². The quantitative estimate of drug-likeness (QED) is 0.851. The van der Waals surface area contributed by atoms with Crippen LogP contribution in [0.1, 0.15) is 6.92 Å². The van der Waals surface area contributed by atoms with Gasteiger partial charge in [0.2, 0.25) is 0 Å². The Labute approximate surface area is 114 Å². The minimum absolute atomic E-state index is 0.0197. The molecule has 0 aliphatic carbocycles. The van der Waals surface area contributed by atoms with Crippen LogP contribution >= 0.6 is 7.14 Å². The zero-order valence-electron chi connectivity index (χ0n) is 11.1. The molecular weight excluding hydrogens is 255 g/mol. The molecule has 0 spiro atoms. The molecule has 0 saturated heterocycles. The van der Waals surface area contributed by atoms with E-state index in [-0.39, 0.29) is 12.5 Å². The fourth-order valence-electron chi connectivity index (χ4n) is 2.19. The summed E-state index contributed by atoms with van der Waals surface area (Å²) in [7, 11) is -2.66. The van der Waals surface area contributed by atoms with Gasteiger partial charge >= 0.3 is 0 Å². The minimum atomic E-state index is -2.66. The lowest BCUT2D eigenvalue weighted by molar-refractivity contribution is 0.249. The molecular formula is C16H19O2P. The van der Waals surface area contributed by atoms with Gasteiger partial charge in [0.15, 0.2) is 0 Å². The highest BCUT2D eigenvalue weighted by molar-refractivity contribution is 7.78. The van der Waals surface area contributed by atoms with Gasteiger partial charge in [-0.3, -0.25) is 0 Å². The summed E-state index contributed by atoms with van der Waals surface area (Å²) in [5.41, 5.74) is 0. The van der Waals surface area contributed by atoms with Crippen LogP contribution < -0.4 is 10.6 Å². The maximum absolute atomic E-state index is 13.5. The average molecular weight is 274 g/mol. The summed E-state index contributed by atoms with van der Waals surface area (Å²) in [5, 5.41) is 11.0. The summed E-state index contributed by atoms with van der Waals surface area (Å²) in [4.78, 5) is 0. The molecule has 0 heterocycles. The van der Waals surface area contributed by atoms with Crippen LogP contribution in [0.4, 0.5) is 0 Å². The van der Waals surface area contributed by atoms with Crippen molar-refractivity contribution in [2.75, 3.05) is 12.8 Å². The Kier molecular flexibility index (Phi) is 4.57. The molecule has 1 N–H and O–H groups in total. The molecule has 1 atom stereocenters. The maximum Gasteiger partial charge on any atom is 0.143 e. The summed E-state index contributed by atoms with van der Waals surface area (Å²) in [6.07, 6.45) is 0.498. The monoisotopic (exact) mass is 274 g/mol. The second-order valence-corrected chi connectivity index (χ2v) is 7.76. The Balaban J connectivity index is 2.48. The number of hydrogen-bond donors (Lipinski definition) is 1. The topological polar surface area (TPSA) is 37.3 Å². The molecule has 2 aromatic carbocycles. The first-order chi connectivity index (χ1) is 9.16. The van der Waals surface area contributed by atoms with Gasteiger partial charge in [0.05, 0.1) is 0 Å². The van der Waals surface area contributed by atoms with E-state index in [0.717, 1.165) is 10.6 Å². The van der Waals surface area contributed by atoms with Crippen molar-refractivity contribution in [3.8, 4) is 0 Å². The van der Waals surface area contributed by atoms with Gasteiger partial charge < -0.3 is 9.67 Å². The highest BCUT2D eigenvalue weighted by Gasteiger charge is 2.28. The van der Waals surface area contributed by atoms with Crippen LogP contribution in [0.2, 0.25) is 0 Å². The number of aliphatic hydroxyl groups excluding tert-OH is 1. The molecule has 19 heavy (non-hydrogen) atoms. The Morgan fingerprint density at radius 1 is 0.947 bits per heavy atom. The van der Waals surface area contributed by atoms with Gasteiger partial charge in [0, 0.05) is 23.4 Å². The third-order valence-electron chi connectivity index (χ3n) is 3.23. The van der Waals surface area contributed by atoms with E-state index in [1.165, 1.54) is 0 Å². The Morgan fingerprint density at radius 3 is 1.74 bits per heavy atom. The lowest BCUT2D eigenvalue weighted by Crippen LogP contribution is -2.22. The first-order valence-corrected chi connectivity index (χ1v) is 8.37. The molecule has 0 saturated carbocycles. The number of hydrogen-bond acceptors (Lipinski definition) is 2. The molecule has 0 aliphatic heterocycles. The smallest absolute Gasteiger partial charge is 0.143 e. The fourth-order valence-corrected chi connectivity index (χ4v) is 5.21. The number of benzene rings is 2. The highest BCUT2D eigenvalue weighted by Crippen LogP contribution is 2.44. The van der Waals surface area contributed by atoms with E-state index in [1.54, 1.807) is 0 Å². The van der Waals surface area contributed by atoms with E-state index >= 15 is 0 Å². The normalized spacial score (nSPS) is 13.2. The van der Waals surface area contributed by atoms with Crippen LogP contribution in [-0.4, -0.2) is 17.9 Å². The summed E-state index contributed by atoms with van der Waals surface area (Å²) in [6.45, 7) is 1.99. The van der Waals surface area contributed by atoms with E-state index < -0.39 is 7.14 Å². The molecule has 0 radical (unpaired) electrons. The molecule has 0 bridgehead atoms. The van der Waals surface area contributed by atoms with Crippen molar-refractivity contribution in [1.82, 2.24) is 0 Å². The van der Waals surface area contributed by atoms with Crippen molar-refractivity contribution in [2.45, 2.75) is 6.92 Å². The van der Waals surface area contributed by atoms with E-state index in [0.29, 0.717) is 6.16 Å².